The number of esters is 2. The van der Waals surface area contributed by atoms with Crippen LogP contribution in [0, 0.1) is 5.92 Å². The summed E-state index contributed by atoms with van der Waals surface area (Å²) >= 11 is 1.61. The van der Waals surface area contributed by atoms with Crippen molar-refractivity contribution in [3.8, 4) is 0 Å². The Morgan fingerprint density at radius 1 is 1.22 bits per heavy atom. The lowest BCUT2D eigenvalue weighted by molar-refractivity contribution is -0.161. The summed E-state index contributed by atoms with van der Waals surface area (Å²) in [5, 5.41) is 1.97. The van der Waals surface area contributed by atoms with Gasteiger partial charge >= 0.3 is 11.9 Å². The van der Waals surface area contributed by atoms with E-state index in [1.165, 1.54) is 0 Å². The van der Waals surface area contributed by atoms with E-state index in [0.29, 0.717) is 12.8 Å². The first kappa shape index (κ1) is 14.7. The molecular weight excluding hydrogens is 252 g/mol. The van der Waals surface area contributed by atoms with Gasteiger partial charge < -0.3 is 9.47 Å². The number of carbonyl (C=O) groups excluding carboxylic acids is 2. The molecule has 1 aromatic rings. The predicted octanol–water partition coefficient (Wildman–Crippen LogP) is 2.42. The summed E-state index contributed by atoms with van der Waals surface area (Å²) < 4.78 is 9.81. The molecule has 1 heterocycles. The molecule has 1 aromatic heterocycles. The van der Waals surface area contributed by atoms with Crippen LogP contribution in [0.2, 0.25) is 0 Å². The molecule has 0 radical (unpaired) electrons. The lowest BCUT2D eigenvalue weighted by Gasteiger charge is -2.13. The van der Waals surface area contributed by atoms with Crippen LogP contribution < -0.4 is 0 Å². The van der Waals surface area contributed by atoms with Crippen LogP contribution in [0.5, 0.6) is 0 Å². The zero-order valence-corrected chi connectivity index (χ0v) is 11.5. The van der Waals surface area contributed by atoms with Gasteiger partial charge in [0.1, 0.15) is 0 Å². The Bertz CT molecular complexity index is 354. The summed E-state index contributed by atoms with van der Waals surface area (Å²) in [5.41, 5.74) is 0. The largest absolute Gasteiger partial charge is 0.465 e. The standard InChI is InChI=1S/C13H18O4S/c1-3-16-12(14)11(13(15)17-4-2)8-7-10-6-5-9-18-10/h5-6,9,11H,3-4,7-8H2,1-2H3. The van der Waals surface area contributed by atoms with Crippen molar-refractivity contribution in [1.82, 2.24) is 0 Å². The predicted molar refractivity (Wildman–Crippen MR) is 69.4 cm³/mol. The Balaban J connectivity index is 2.59. The van der Waals surface area contributed by atoms with Crippen molar-refractivity contribution < 1.29 is 19.1 Å². The van der Waals surface area contributed by atoms with E-state index >= 15 is 0 Å². The second-order valence-electron chi connectivity index (χ2n) is 3.67. The van der Waals surface area contributed by atoms with Gasteiger partial charge in [0, 0.05) is 4.88 Å². The van der Waals surface area contributed by atoms with Gasteiger partial charge in [0.15, 0.2) is 5.92 Å². The minimum absolute atomic E-state index is 0.272. The van der Waals surface area contributed by atoms with E-state index in [1.54, 1.807) is 25.2 Å². The number of aryl methyl sites for hydroxylation is 1. The van der Waals surface area contributed by atoms with E-state index in [2.05, 4.69) is 0 Å². The van der Waals surface area contributed by atoms with Crippen LogP contribution in [-0.4, -0.2) is 25.2 Å². The summed E-state index contributed by atoms with van der Waals surface area (Å²) in [7, 11) is 0. The van der Waals surface area contributed by atoms with Gasteiger partial charge in [0.25, 0.3) is 0 Å². The molecule has 0 aliphatic rings. The van der Waals surface area contributed by atoms with Crippen molar-refractivity contribution in [3.63, 3.8) is 0 Å². The second-order valence-corrected chi connectivity index (χ2v) is 4.71. The van der Waals surface area contributed by atoms with E-state index in [4.69, 9.17) is 9.47 Å². The van der Waals surface area contributed by atoms with E-state index in [9.17, 15) is 9.59 Å². The van der Waals surface area contributed by atoms with Gasteiger partial charge in [-0.2, -0.15) is 0 Å². The fourth-order valence-corrected chi connectivity index (χ4v) is 2.28. The van der Waals surface area contributed by atoms with Crippen LogP contribution in [0.25, 0.3) is 0 Å². The Kier molecular flexibility index (Phi) is 6.43. The zero-order valence-electron chi connectivity index (χ0n) is 10.7. The molecule has 18 heavy (non-hydrogen) atoms. The van der Waals surface area contributed by atoms with Crippen molar-refractivity contribution >= 4 is 23.3 Å². The highest BCUT2D eigenvalue weighted by Gasteiger charge is 2.29. The number of ether oxygens (including phenoxy) is 2. The molecule has 5 heteroatoms. The van der Waals surface area contributed by atoms with Crippen molar-refractivity contribution in [2.45, 2.75) is 26.7 Å². The highest BCUT2D eigenvalue weighted by Crippen LogP contribution is 2.17. The van der Waals surface area contributed by atoms with Crippen LogP contribution in [0.1, 0.15) is 25.1 Å². The summed E-state index contributed by atoms with van der Waals surface area (Å²) in [5.74, 6) is -1.80. The van der Waals surface area contributed by atoms with Gasteiger partial charge in [-0.15, -0.1) is 11.3 Å². The minimum atomic E-state index is -0.813. The lowest BCUT2D eigenvalue weighted by Crippen LogP contribution is -2.28. The third kappa shape index (κ3) is 4.49. The number of rotatable bonds is 7. The molecule has 0 aliphatic carbocycles. The van der Waals surface area contributed by atoms with Crippen LogP contribution in [0.15, 0.2) is 17.5 Å². The first-order valence-electron chi connectivity index (χ1n) is 6.04. The third-order valence-electron chi connectivity index (χ3n) is 2.40. The molecule has 0 aliphatic heterocycles. The Morgan fingerprint density at radius 3 is 2.28 bits per heavy atom. The van der Waals surface area contributed by atoms with Crippen LogP contribution >= 0.6 is 11.3 Å². The van der Waals surface area contributed by atoms with Crippen molar-refractivity contribution in [2.75, 3.05) is 13.2 Å². The lowest BCUT2D eigenvalue weighted by atomic mass is 10.0. The number of hydrogen-bond acceptors (Lipinski definition) is 5. The molecule has 0 bridgehead atoms. The van der Waals surface area contributed by atoms with Gasteiger partial charge in [-0.25, -0.2) is 0 Å². The molecule has 0 atom stereocenters. The monoisotopic (exact) mass is 270 g/mol. The Hall–Kier alpha value is -1.36. The van der Waals surface area contributed by atoms with E-state index in [1.807, 2.05) is 17.5 Å². The molecule has 0 aromatic carbocycles. The average Bonchev–Trinajstić information content (AvgIpc) is 2.83. The molecular formula is C13H18O4S. The quantitative estimate of drug-likeness (QED) is 0.564. The van der Waals surface area contributed by atoms with Crippen molar-refractivity contribution in [3.05, 3.63) is 22.4 Å². The smallest absolute Gasteiger partial charge is 0.320 e. The van der Waals surface area contributed by atoms with Crippen molar-refractivity contribution in [1.29, 1.82) is 0 Å². The maximum Gasteiger partial charge on any atom is 0.320 e. The highest BCUT2D eigenvalue weighted by molar-refractivity contribution is 7.09. The van der Waals surface area contributed by atoms with Crippen LogP contribution in [0.3, 0.4) is 0 Å². The van der Waals surface area contributed by atoms with Crippen LogP contribution in [0.4, 0.5) is 0 Å². The number of thiophene rings is 1. The summed E-state index contributed by atoms with van der Waals surface area (Å²) in [4.78, 5) is 24.5. The minimum Gasteiger partial charge on any atom is -0.465 e. The van der Waals surface area contributed by atoms with E-state index in [0.717, 1.165) is 4.88 Å². The first-order chi connectivity index (χ1) is 8.69. The fourth-order valence-electron chi connectivity index (χ4n) is 1.56. The summed E-state index contributed by atoms with van der Waals surface area (Å²) in [6.07, 6.45) is 1.11. The molecule has 0 spiro atoms. The van der Waals surface area contributed by atoms with Gasteiger partial charge in [-0.3, -0.25) is 9.59 Å². The number of hydrogen-bond donors (Lipinski definition) is 0. The topological polar surface area (TPSA) is 52.6 Å². The third-order valence-corrected chi connectivity index (χ3v) is 3.34. The van der Waals surface area contributed by atoms with E-state index in [-0.39, 0.29) is 13.2 Å². The molecule has 0 amide bonds. The maximum atomic E-state index is 11.7. The zero-order chi connectivity index (χ0) is 13.4. The van der Waals surface area contributed by atoms with Crippen LogP contribution in [-0.2, 0) is 25.5 Å². The average molecular weight is 270 g/mol. The van der Waals surface area contributed by atoms with Crippen molar-refractivity contribution in [2.24, 2.45) is 5.92 Å². The first-order valence-corrected chi connectivity index (χ1v) is 6.92. The Morgan fingerprint density at radius 2 is 1.83 bits per heavy atom. The molecule has 0 saturated carbocycles. The summed E-state index contributed by atoms with van der Waals surface area (Å²) in [6, 6.07) is 3.93. The molecule has 0 fully saturated rings. The highest BCUT2D eigenvalue weighted by atomic mass is 32.1. The van der Waals surface area contributed by atoms with Gasteiger partial charge in [0.2, 0.25) is 0 Å². The molecule has 100 valence electrons. The van der Waals surface area contributed by atoms with Gasteiger partial charge in [-0.05, 0) is 38.1 Å². The van der Waals surface area contributed by atoms with Gasteiger partial charge in [0.05, 0.1) is 13.2 Å². The number of carbonyl (C=O) groups is 2. The summed E-state index contributed by atoms with van der Waals surface area (Å²) in [6.45, 7) is 3.99. The SMILES string of the molecule is CCOC(=O)C(CCc1cccs1)C(=O)OCC. The molecule has 0 N–H and O–H groups in total. The molecule has 0 saturated heterocycles. The molecule has 0 unspecified atom stereocenters. The molecule has 1 rings (SSSR count). The second kappa shape index (κ2) is 7.87. The normalized spacial score (nSPS) is 10.4. The fraction of sp³-hybridized carbons (Fsp3) is 0.538. The van der Waals surface area contributed by atoms with E-state index < -0.39 is 17.9 Å². The Labute approximate surface area is 111 Å². The maximum absolute atomic E-state index is 11.7. The van der Waals surface area contributed by atoms with Gasteiger partial charge in [-0.1, -0.05) is 6.07 Å². The molecule has 4 nitrogen and oxygen atoms in total.